The van der Waals surface area contributed by atoms with E-state index in [1.165, 1.54) is 30.4 Å². The first kappa shape index (κ1) is 20.9. The highest BCUT2D eigenvalue weighted by atomic mass is 16.2. The minimum absolute atomic E-state index is 0.157. The first-order chi connectivity index (χ1) is 12.4. The fraction of sp³-hybridized carbons (Fsp3) is 0.682. The Labute approximate surface area is 159 Å². The summed E-state index contributed by atoms with van der Waals surface area (Å²) in [7, 11) is 2.01. The Kier molecular flexibility index (Phi) is 8.11. The predicted octanol–water partition coefficient (Wildman–Crippen LogP) is 2.96. The lowest BCUT2D eigenvalue weighted by Crippen LogP contribution is -2.42. The van der Waals surface area contributed by atoms with Crippen molar-refractivity contribution in [1.29, 1.82) is 0 Å². The van der Waals surface area contributed by atoms with E-state index in [0.717, 1.165) is 32.0 Å². The molecular weight excluding hydrogens is 322 g/mol. The maximum atomic E-state index is 12.2. The number of nitrogens with one attached hydrogen (secondary N) is 2. The molecule has 2 rings (SSSR count). The smallest absolute Gasteiger partial charge is 0.234 e. The van der Waals surface area contributed by atoms with Crippen molar-refractivity contribution in [3.8, 4) is 0 Å². The number of piperidine rings is 1. The van der Waals surface area contributed by atoms with E-state index in [1.807, 2.05) is 7.05 Å². The lowest BCUT2D eigenvalue weighted by Gasteiger charge is -2.31. The molecule has 146 valence electrons. The summed E-state index contributed by atoms with van der Waals surface area (Å²) in [5.74, 6) is 0.975. The number of likely N-dealkylation sites (tertiary alicyclic amines) is 1. The van der Waals surface area contributed by atoms with Gasteiger partial charge in [0.05, 0.1) is 6.54 Å². The number of carbonyl (C=O) groups excluding carboxylic acids is 1. The van der Waals surface area contributed by atoms with Crippen molar-refractivity contribution in [3.63, 3.8) is 0 Å². The van der Waals surface area contributed by atoms with Gasteiger partial charge in [0.25, 0.3) is 0 Å². The Hall–Kier alpha value is -1.39. The molecule has 0 unspecified atom stereocenters. The van der Waals surface area contributed by atoms with Crippen LogP contribution in [0.1, 0.15) is 51.2 Å². The third kappa shape index (κ3) is 7.08. The van der Waals surface area contributed by atoms with Crippen molar-refractivity contribution >= 4 is 5.91 Å². The van der Waals surface area contributed by atoms with Gasteiger partial charge in [0.15, 0.2) is 0 Å². The summed E-state index contributed by atoms with van der Waals surface area (Å²) in [4.78, 5) is 14.5. The fourth-order valence-electron chi connectivity index (χ4n) is 3.56. The lowest BCUT2D eigenvalue weighted by molar-refractivity contribution is -0.122. The number of hydrogen-bond donors (Lipinski definition) is 2. The Morgan fingerprint density at radius 1 is 1.12 bits per heavy atom. The van der Waals surface area contributed by atoms with Gasteiger partial charge in [-0.25, -0.2) is 0 Å². The third-order valence-corrected chi connectivity index (χ3v) is 5.43. The van der Waals surface area contributed by atoms with Crippen molar-refractivity contribution < 1.29 is 4.79 Å². The molecule has 0 bridgehead atoms. The van der Waals surface area contributed by atoms with Crippen LogP contribution in [0.3, 0.4) is 0 Å². The summed E-state index contributed by atoms with van der Waals surface area (Å²) in [6.45, 7) is 11.1. The van der Waals surface area contributed by atoms with E-state index in [2.05, 4.69) is 60.6 Å². The predicted molar refractivity (Wildman–Crippen MR) is 110 cm³/mol. The van der Waals surface area contributed by atoms with Crippen molar-refractivity contribution in [2.75, 3.05) is 39.8 Å². The Morgan fingerprint density at radius 2 is 1.77 bits per heavy atom. The van der Waals surface area contributed by atoms with Crippen LogP contribution in [-0.2, 0) is 16.6 Å². The average molecular weight is 360 g/mol. The molecule has 0 radical (unpaired) electrons. The van der Waals surface area contributed by atoms with Crippen LogP contribution < -0.4 is 10.6 Å². The Balaban J connectivity index is 1.63. The van der Waals surface area contributed by atoms with Crippen LogP contribution in [0.2, 0.25) is 0 Å². The Morgan fingerprint density at radius 3 is 2.35 bits per heavy atom. The largest absolute Gasteiger partial charge is 0.355 e. The van der Waals surface area contributed by atoms with Crippen LogP contribution in [-0.4, -0.2) is 50.6 Å². The summed E-state index contributed by atoms with van der Waals surface area (Å²) in [6.07, 6.45) is 4.58. The summed E-state index contributed by atoms with van der Waals surface area (Å²) in [6, 6.07) is 8.77. The fourth-order valence-corrected chi connectivity index (χ4v) is 3.56. The molecule has 0 aromatic heterocycles. The second-order valence-electron chi connectivity index (χ2n) is 8.66. The maximum absolute atomic E-state index is 12.2. The number of rotatable bonds is 8. The first-order valence-corrected chi connectivity index (χ1v) is 10.1. The standard InChI is InChI=1S/C22H37N3O/c1-22(2,3)20-7-5-18(6-8-20)10-14-24-21(26)17-25-15-11-19(12-16-25)9-13-23-4/h5-8,19,23H,9-17H2,1-4H3,(H,24,26). The van der Waals surface area contributed by atoms with Crippen molar-refractivity contribution in [1.82, 2.24) is 15.5 Å². The molecule has 0 saturated carbocycles. The van der Waals surface area contributed by atoms with Gasteiger partial charge in [-0.2, -0.15) is 0 Å². The molecule has 1 aliphatic heterocycles. The summed E-state index contributed by atoms with van der Waals surface area (Å²) >= 11 is 0. The normalized spacial score (nSPS) is 16.6. The van der Waals surface area contributed by atoms with Crippen LogP contribution in [0.15, 0.2) is 24.3 Å². The van der Waals surface area contributed by atoms with Gasteiger partial charge in [-0.05, 0) is 74.8 Å². The summed E-state index contributed by atoms with van der Waals surface area (Å²) in [5, 5.41) is 6.31. The van der Waals surface area contributed by atoms with E-state index < -0.39 is 0 Å². The Bertz CT molecular complexity index is 540. The molecule has 0 atom stereocenters. The molecule has 2 N–H and O–H groups in total. The van der Waals surface area contributed by atoms with E-state index in [4.69, 9.17) is 0 Å². The molecule has 1 aromatic rings. The van der Waals surface area contributed by atoms with Gasteiger partial charge in [-0.3, -0.25) is 9.69 Å². The van der Waals surface area contributed by atoms with Crippen LogP contribution in [0.25, 0.3) is 0 Å². The number of nitrogens with zero attached hydrogens (tertiary/aromatic N) is 1. The van der Waals surface area contributed by atoms with Gasteiger partial charge in [-0.1, -0.05) is 45.0 Å². The molecule has 26 heavy (non-hydrogen) atoms. The second-order valence-corrected chi connectivity index (χ2v) is 8.66. The molecule has 0 spiro atoms. The highest BCUT2D eigenvalue weighted by Gasteiger charge is 2.20. The molecule has 4 nitrogen and oxygen atoms in total. The second kappa shape index (κ2) is 10.1. The molecule has 4 heteroatoms. The van der Waals surface area contributed by atoms with Crippen LogP contribution in [0.4, 0.5) is 0 Å². The van der Waals surface area contributed by atoms with Crippen LogP contribution in [0.5, 0.6) is 0 Å². The van der Waals surface area contributed by atoms with Gasteiger partial charge in [-0.15, -0.1) is 0 Å². The summed E-state index contributed by atoms with van der Waals surface area (Å²) < 4.78 is 0. The minimum Gasteiger partial charge on any atom is -0.355 e. The van der Waals surface area contributed by atoms with Gasteiger partial charge >= 0.3 is 0 Å². The third-order valence-electron chi connectivity index (χ3n) is 5.43. The molecular formula is C22H37N3O. The molecule has 1 aromatic carbocycles. The number of amides is 1. The number of benzene rings is 1. The zero-order valence-electron chi connectivity index (χ0n) is 17.1. The topological polar surface area (TPSA) is 44.4 Å². The lowest BCUT2D eigenvalue weighted by atomic mass is 9.86. The van der Waals surface area contributed by atoms with Crippen molar-refractivity contribution in [3.05, 3.63) is 35.4 Å². The van der Waals surface area contributed by atoms with Gasteiger partial charge < -0.3 is 10.6 Å². The molecule has 0 aliphatic carbocycles. The molecule has 1 fully saturated rings. The molecule has 1 saturated heterocycles. The van der Waals surface area contributed by atoms with Crippen molar-refractivity contribution in [2.24, 2.45) is 5.92 Å². The molecule has 1 amide bonds. The summed E-state index contributed by atoms with van der Waals surface area (Å²) in [5.41, 5.74) is 2.82. The SMILES string of the molecule is CNCCC1CCN(CC(=O)NCCc2ccc(C(C)(C)C)cc2)CC1. The maximum Gasteiger partial charge on any atom is 0.234 e. The van der Waals surface area contributed by atoms with Crippen molar-refractivity contribution in [2.45, 2.75) is 51.9 Å². The number of carbonyl (C=O) groups is 1. The molecule has 1 heterocycles. The van der Waals surface area contributed by atoms with E-state index in [9.17, 15) is 4.79 Å². The average Bonchev–Trinajstić information content (AvgIpc) is 2.61. The zero-order chi connectivity index (χ0) is 19.0. The van der Waals surface area contributed by atoms with Gasteiger partial charge in [0.1, 0.15) is 0 Å². The quantitative estimate of drug-likeness (QED) is 0.750. The zero-order valence-corrected chi connectivity index (χ0v) is 17.1. The monoisotopic (exact) mass is 359 g/mol. The van der Waals surface area contributed by atoms with Crippen LogP contribution >= 0.6 is 0 Å². The van der Waals surface area contributed by atoms with Gasteiger partial charge in [0, 0.05) is 6.54 Å². The van der Waals surface area contributed by atoms with E-state index in [0.29, 0.717) is 13.1 Å². The first-order valence-electron chi connectivity index (χ1n) is 10.1. The van der Waals surface area contributed by atoms with E-state index >= 15 is 0 Å². The van der Waals surface area contributed by atoms with Gasteiger partial charge in [0.2, 0.25) is 5.91 Å². The van der Waals surface area contributed by atoms with Crippen LogP contribution in [0, 0.1) is 5.92 Å². The highest BCUT2D eigenvalue weighted by Crippen LogP contribution is 2.22. The van der Waals surface area contributed by atoms with E-state index in [-0.39, 0.29) is 11.3 Å². The highest BCUT2D eigenvalue weighted by molar-refractivity contribution is 5.78. The minimum atomic E-state index is 0.157. The number of hydrogen-bond acceptors (Lipinski definition) is 3. The molecule has 1 aliphatic rings. The van der Waals surface area contributed by atoms with E-state index in [1.54, 1.807) is 0 Å².